The van der Waals surface area contributed by atoms with Crippen molar-refractivity contribution in [3.05, 3.63) is 65.1 Å². The lowest BCUT2D eigenvalue weighted by Gasteiger charge is -2.34. The second-order valence-corrected chi connectivity index (χ2v) is 10.4. The van der Waals surface area contributed by atoms with Crippen LogP contribution in [0.25, 0.3) is 0 Å². The molecular formula is C27H35N5O5. The largest absolute Gasteiger partial charge is 0.619 e. The molecule has 0 aliphatic carbocycles. The molecule has 0 spiro atoms. The molecule has 2 aliphatic rings. The number of aliphatic hydroxyl groups excluding tert-OH is 1. The Bertz CT molecular complexity index is 1130. The van der Waals surface area contributed by atoms with E-state index in [0.717, 1.165) is 5.69 Å². The number of fused-ring (bicyclic) bond motifs is 1. The van der Waals surface area contributed by atoms with Gasteiger partial charge in [-0.15, -0.1) is 0 Å². The number of nitrogens with one attached hydrogen (secondary N) is 1. The molecule has 2 aliphatic heterocycles. The highest BCUT2D eigenvalue weighted by molar-refractivity contribution is 6.01. The maximum absolute atomic E-state index is 13.1. The second kappa shape index (κ2) is 10.9. The normalized spacial score (nSPS) is 21.1. The van der Waals surface area contributed by atoms with Crippen molar-refractivity contribution in [3.63, 3.8) is 0 Å². The van der Waals surface area contributed by atoms with Crippen LogP contribution in [0.1, 0.15) is 47.4 Å². The van der Waals surface area contributed by atoms with Crippen LogP contribution in [0.4, 0.5) is 5.69 Å². The number of Topliss-reactive ketones (excluding diaryl/α,β-unsaturated/α-hetero) is 1. The van der Waals surface area contributed by atoms with E-state index < -0.39 is 18.3 Å². The molecule has 0 saturated carbocycles. The molecule has 2 saturated heterocycles. The molecule has 1 aromatic carbocycles. The smallest absolute Gasteiger partial charge is 0.255 e. The van der Waals surface area contributed by atoms with E-state index in [-0.39, 0.29) is 36.1 Å². The zero-order valence-electron chi connectivity index (χ0n) is 21.7. The first kappa shape index (κ1) is 26.6. The number of hydrogen-bond acceptors (Lipinski definition) is 7. The van der Waals surface area contributed by atoms with E-state index >= 15 is 0 Å². The lowest BCUT2D eigenvalue weighted by atomic mass is 10.00. The summed E-state index contributed by atoms with van der Waals surface area (Å²) in [7, 11) is 3.85. The van der Waals surface area contributed by atoms with Crippen LogP contribution in [0.2, 0.25) is 0 Å². The van der Waals surface area contributed by atoms with E-state index in [1.54, 1.807) is 17.0 Å². The number of nitrogens with zero attached hydrogens (tertiary/aromatic N) is 4. The van der Waals surface area contributed by atoms with Gasteiger partial charge in [0.2, 0.25) is 0 Å². The van der Waals surface area contributed by atoms with Crippen LogP contribution in [0.5, 0.6) is 0 Å². The van der Waals surface area contributed by atoms with Gasteiger partial charge in [-0.25, -0.2) is 0 Å². The molecule has 0 bridgehead atoms. The first-order chi connectivity index (χ1) is 17.6. The third-order valence-corrected chi connectivity index (χ3v) is 7.16. The van der Waals surface area contributed by atoms with Gasteiger partial charge in [-0.3, -0.25) is 19.3 Å². The van der Waals surface area contributed by atoms with Crippen LogP contribution in [0.3, 0.4) is 0 Å². The molecule has 0 radical (unpaired) electrons. The molecule has 2 aromatic rings. The second-order valence-electron chi connectivity index (χ2n) is 10.4. The molecule has 2 fully saturated rings. The quantitative estimate of drug-likeness (QED) is 0.403. The summed E-state index contributed by atoms with van der Waals surface area (Å²) in [6.07, 6.45) is 2.47. The van der Waals surface area contributed by atoms with E-state index in [4.69, 9.17) is 0 Å². The number of anilines is 1. The molecule has 3 heterocycles. The highest BCUT2D eigenvalue weighted by atomic mass is 16.5. The third kappa shape index (κ3) is 5.60. The lowest BCUT2D eigenvalue weighted by Crippen LogP contribution is -2.55. The zero-order chi connectivity index (χ0) is 26.9. The van der Waals surface area contributed by atoms with Crippen LogP contribution in [-0.4, -0.2) is 84.0 Å². The van der Waals surface area contributed by atoms with Gasteiger partial charge in [0.1, 0.15) is 6.23 Å². The number of aromatic nitrogens is 1. The van der Waals surface area contributed by atoms with Crippen molar-refractivity contribution in [1.82, 2.24) is 15.1 Å². The van der Waals surface area contributed by atoms with Crippen molar-refractivity contribution in [1.29, 1.82) is 0 Å². The first-order valence-electron chi connectivity index (χ1n) is 12.6. The fourth-order valence-electron chi connectivity index (χ4n) is 5.30. The highest BCUT2D eigenvalue weighted by Crippen LogP contribution is 2.33. The zero-order valence-corrected chi connectivity index (χ0v) is 21.7. The number of amides is 2. The summed E-state index contributed by atoms with van der Waals surface area (Å²) < 4.78 is 0.599. The number of benzene rings is 1. The summed E-state index contributed by atoms with van der Waals surface area (Å²) in [6, 6.07) is 8.48. The maximum atomic E-state index is 13.1. The number of carbonyl (C=O) groups excluding carboxylic acids is 3. The molecule has 10 nitrogen and oxygen atoms in total. The molecule has 2 N–H and O–H groups in total. The average Bonchev–Trinajstić information content (AvgIpc) is 3.44. The predicted octanol–water partition coefficient (Wildman–Crippen LogP) is 1.02. The van der Waals surface area contributed by atoms with Crippen LogP contribution < -0.4 is 14.9 Å². The lowest BCUT2D eigenvalue weighted by molar-refractivity contribution is -0.605. The number of aliphatic hydroxyl groups is 1. The Labute approximate surface area is 217 Å². The Balaban J connectivity index is 1.49. The Morgan fingerprint density at radius 2 is 1.78 bits per heavy atom. The minimum absolute atomic E-state index is 0.0525. The third-order valence-electron chi connectivity index (χ3n) is 7.16. The molecule has 37 heavy (non-hydrogen) atoms. The molecule has 4 rings (SSSR count). The van der Waals surface area contributed by atoms with Crippen molar-refractivity contribution in [2.24, 2.45) is 5.92 Å². The fraction of sp³-hybridized carbons (Fsp3) is 0.481. The van der Waals surface area contributed by atoms with Crippen molar-refractivity contribution >= 4 is 23.3 Å². The number of likely N-dealkylation sites (tertiary alicyclic amines) is 2. The van der Waals surface area contributed by atoms with Crippen molar-refractivity contribution in [2.75, 3.05) is 32.1 Å². The number of carbonyl (C=O) groups is 3. The number of ketones is 1. The average molecular weight is 510 g/mol. The summed E-state index contributed by atoms with van der Waals surface area (Å²) in [4.78, 5) is 44.4. The number of hydrogen-bond donors (Lipinski definition) is 2. The topological polar surface area (TPSA) is 120 Å². The maximum Gasteiger partial charge on any atom is 0.255 e. The molecule has 198 valence electrons. The minimum Gasteiger partial charge on any atom is -0.619 e. The summed E-state index contributed by atoms with van der Waals surface area (Å²) >= 11 is 0. The van der Waals surface area contributed by atoms with Crippen LogP contribution >= 0.6 is 0 Å². The minimum atomic E-state index is -1.09. The van der Waals surface area contributed by atoms with E-state index in [1.807, 2.05) is 45.0 Å². The summed E-state index contributed by atoms with van der Waals surface area (Å²) in [5.41, 5.74) is 1.80. The Morgan fingerprint density at radius 3 is 2.38 bits per heavy atom. The van der Waals surface area contributed by atoms with Gasteiger partial charge in [-0.1, -0.05) is 13.8 Å². The van der Waals surface area contributed by atoms with Gasteiger partial charge in [0, 0.05) is 44.0 Å². The van der Waals surface area contributed by atoms with Crippen molar-refractivity contribution in [2.45, 2.75) is 51.0 Å². The van der Waals surface area contributed by atoms with E-state index in [9.17, 15) is 24.7 Å². The van der Waals surface area contributed by atoms with Gasteiger partial charge < -0.3 is 25.4 Å². The summed E-state index contributed by atoms with van der Waals surface area (Å²) in [6.45, 7) is 4.39. The number of rotatable bonds is 8. The van der Waals surface area contributed by atoms with Gasteiger partial charge in [0.25, 0.3) is 11.8 Å². The summed E-state index contributed by atoms with van der Waals surface area (Å²) in [5, 5.41) is 25.7. The Morgan fingerprint density at radius 1 is 1.14 bits per heavy atom. The van der Waals surface area contributed by atoms with Gasteiger partial charge >= 0.3 is 0 Å². The monoisotopic (exact) mass is 509 g/mol. The summed E-state index contributed by atoms with van der Waals surface area (Å²) in [5.74, 6) is -0.557. The van der Waals surface area contributed by atoms with Crippen LogP contribution in [0.15, 0.2) is 48.8 Å². The molecule has 1 unspecified atom stereocenters. The first-order valence-corrected chi connectivity index (χ1v) is 12.6. The Hall–Kier alpha value is -3.50. The standard InChI is InChI=1S/C27H35N5O5/c1-17(2)15-21(28-25(34)18-5-7-20(8-6-18)29(3)4)27(36)31-14-11-22-24(31)23(33)16-32(22)26(35)19-9-12-30(37)13-10-19/h5-10,12-13,17,21-22,24,27,36H,11,14-16H2,1-4H3,(H,28,34)/t21-,22+,24-,27?/m0/s1. The van der Waals surface area contributed by atoms with Crippen molar-refractivity contribution < 1.29 is 24.2 Å². The SMILES string of the molecule is CC(C)C[C@H](NC(=O)c1ccc(N(C)C)cc1)C(O)N1CC[C@@H]2[C@H]1C(=O)CN2C(=O)c1cc[n+]([O-])cc1. The van der Waals surface area contributed by atoms with E-state index in [2.05, 4.69) is 5.32 Å². The van der Waals surface area contributed by atoms with Crippen LogP contribution in [-0.2, 0) is 4.79 Å². The van der Waals surface area contributed by atoms with Gasteiger partial charge in [-0.05, 0) is 43.0 Å². The Kier molecular flexibility index (Phi) is 7.79. The number of pyridine rings is 1. The molecular weight excluding hydrogens is 474 g/mol. The predicted molar refractivity (Wildman–Crippen MR) is 138 cm³/mol. The van der Waals surface area contributed by atoms with E-state index in [0.29, 0.717) is 35.2 Å². The molecule has 1 aromatic heterocycles. The van der Waals surface area contributed by atoms with Gasteiger partial charge in [0.05, 0.1) is 30.2 Å². The molecule has 2 amide bonds. The highest BCUT2D eigenvalue weighted by Gasteiger charge is 2.52. The van der Waals surface area contributed by atoms with Gasteiger partial charge in [0.15, 0.2) is 18.2 Å². The fourth-order valence-corrected chi connectivity index (χ4v) is 5.30. The van der Waals surface area contributed by atoms with Crippen molar-refractivity contribution in [3.8, 4) is 0 Å². The van der Waals surface area contributed by atoms with Gasteiger partial charge in [-0.2, -0.15) is 4.73 Å². The van der Waals surface area contributed by atoms with E-state index in [1.165, 1.54) is 29.4 Å². The molecule has 4 atom stereocenters. The molecule has 10 heteroatoms. The van der Waals surface area contributed by atoms with Crippen LogP contribution in [0, 0.1) is 11.1 Å².